The minimum absolute atomic E-state index is 0.313. The summed E-state index contributed by atoms with van der Waals surface area (Å²) in [7, 11) is -4.24. The lowest BCUT2D eigenvalue weighted by Gasteiger charge is -2.11. The number of nitrogens with zero attached hydrogens (tertiary/aromatic N) is 4. The summed E-state index contributed by atoms with van der Waals surface area (Å²) in [5.74, 6) is 0.313. The molecule has 0 aliphatic rings. The van der Waals surface area contributed by atoms with Gasteiger partial charge < -0.3 is 0 Å². The van der Waals surface area contributed by atoms with Crippen LogP contribution in [-0.4, -0.2) is 27.3 Å². The number of pyridine rings is 1. The summed E-state index contributed by atoms with van der Waals surface area (Å²) in [6.07, 6.45) is 4.24. The van der Waals surface area contributed by atoms with Crippen LogP contribution in [0.15, 0.2) is 78.0 Å². The molecular weight excluding hydrogens is 392 g/mol. The average molecular weight is 408 g/mol. The third-order valence-corrected chi connectivity index (χ3v) is 6.31. The van der Waals surface area contributed by atoms with E-state index in [0.29, 0.717) is 29.7 Å². The predicted octanol–water partition coefficient (Wildman–Crippen LogP) is 3.36. The number of aromatic nitrogens is 3. The van der Waals surface area contributed by atoms with Gasteiger partial charge in [0, 0.05) is 24.9 Å². The number of benzene rings is 2. The van der Waals surface area contributed by atoms with Crippen LogP contribution in [0.3, 0.4) is 0 Å². The molecule has 0 aliphatic heterocycles. The SMILES string of the molecule is O=[N+]([O-])c1ccccc1S(=O)(=O)n1c(CCc2cccnc2)nc2ccccc21. The Bertz CT molecular complexity index is 1300. The van der Waals surface area contributed by atoms with E-state index < -0.39 is 20.6 Å². The number of imidazole rings is 1. The van der Waals surface area contributed by atoms with E-state index in [1.165, 1.54) is 24.3 Å². The van der Waals surface area contributed by atoms with E-state index >= 15 is 0 Å². The summed E-state index contributed by atoms with van der Waals surface area (Å²) >= 11 is 0. The molecule has 0 aliphatic carbocycles. The molecule has 0 saturated carbocycles. The molecule has 4 rings (SSSR count). The maximum Gasteiger partial charge on any atom is 0.289 e. The van der Waals surface area contributed by atoms with Crippen LogP contribution in [0.4, 0.5) is 5.69 Å². The Balaban J connectivity index is 1.87. The van der Waals surface area contributed by atoms with Crippen molar-refractivity contribution in [3.8, 4) is 0 Å². The van der Waals surface area contributed by atoms with Crippen molar-refractivity contribution < 1.29 is 13.3 Å². The third-order valence-electron chi connectivity index (χ3n) is 4.52. The van der Waals surface area contributed by atoms with E-state index in [4.69, 9.17) is 0 Å². The highest BCUT2D eigenvalue weighted by Crippen LogP contribution is 2.29. The zero-order chi connectivity index (χ0) is 20.4. The Hall–Kier alpha value is -3.59. The molecular formula is C20H16N4O4S. The molecule has 4 aromatic rings. The number of fused-ring (bicyclic) bond motifs is 1. The van der Waals surface area contributed by atoms with Crippen LogP contribution >= 0.6 is 0 Å². The number of para-hydroxylation sites is 3. The van der Waals surface area contributed by atoms with Crippen molar-refractivity contribution in [1.29, 1.82) is 0 Å². The van der Waals surface area contributed by atoms with Crippen LogP contribution in [0.5, 0.6) is 0 Å². The topological polar surface area (TPSA) is 108 Å². The van der Waals surface area contributed by atoms with Gasteiger partial charge >= 0.3 is 0 Å². The number of hydrogen-bond donors (Lipinski definition) is 0. The van der Waals surface area contributed by atoms with Crippen LogP contribution in [0.1, 0.15) is 11.4 Å². The molecule has 0 radical (unpaired) electrons. The first-order valence-corrected chi connectivity index (χ1v) is 10.3. The van der Waals surface area contributed by atoms with Gasteiger partial charge in [0.25, 0.3) is 15.7 Å². The second-order valence-corrected chi connectivity index (χ2v) is 8.13. The fourth-order valence-electron chi connectivity index (χ4n) is 3.21. The number of nitro groups is 1. The largest absolute Gasteiger partial charge is 0.289 e. The van der Waals surface area contributed by atoms with Crippen LogP contribution < -0.4 is 0 Å². The van der Waals surface area contributed by atoms with Gasteiger partial charge in [0.15, 0.2) is 4.90 Å². The molecule has 0 unspecified atom stereocenters. The van der Waals surface area contributed by atoms with Gasteiger partial charge in [0.2, 0.25) is 0 Å². The third kappa shape index (κ3) is 3.47. The minimum atomic E-state index is -4.24. The van der Waals surface area contributed by atoms with Crippen molar-refractivity contribution in [1.82, 2.24) is 13.9 Å². The van der Waals surface area contributed by atoms with Crippen molar-refractivity contribution in [2.45, 2.75) is 17.7 Å². The predicted molar refractivity (Wildman–Crippen MR) is 107 cm³/mol. The van der Waals surface area contributed by atoms with Gasteiger partial charge in [-0.2, -0.15) is 0 Å². The van der Waals surface area contributed by atoms with Gasteiger partial charge in [-0.25, -0.2) is 17.4 Å². The van der Waals surface area contributed by atoms with Crippen LogP contribution in [0, 0.1) is 10.1 Å². The van der Waals surface area contributed by atoms with Gasteiger partial charge in [-0.3, -0.25) is 15.1 Å². The Morgan fingerprint density at radius 3 is 2.48 bits per heavy atom. The smallest absolute Gasteiger partial charge is 0.264 e. The van der Waals surface area contributed by atoms with Gasteiger partial charge in [-0.15, -0.1) is 0 Å². The summed E-state index contributed by atoms with van der Waals surface area (Å²) in [6, 6.07) is 15.9. The van der Waals surface area contributed by atoms with Crippen molar-refractivity contribution in [3.63, 3.8) is 0 Å². The maximum atomic E-state index is 13.5. The zero-order valence-electron chi connectivity index (χ0n) is 15.2. The number of rotatable bonds is 6. The fraction of sp³-hybridized carbons (Fsp3) is 0.100. The molecule has 2 heterocycles. The number of nitro benzene ring substituents is 1. The lowest BCUT2D eigenvalue weighted by atomic mass is 10.1. The quantitative estimate of drug-likeness (QED) is 0.358. The summed E-state index contributed by atoms with van der Waals surface area (Å²) in [5.41, 5.74) is 1.36. The highest BCUT2D eigenvalue weighted by molar-refractivity contribution is 7.90. The van der Waals surface area contributed by atoms with E-state index in [9.17, 15) is 18.5 Å². The van der Waals surface area contributed by atoms with Gasteiger partial charge in [0.05, 0.1) is 16.0 Å². The van der Waals surface area contributed by atoms with Gasteiger partial charge in [0.1, 0.15) is 5.82 Å². The molecule has 0 fully saturated rings. The van der Waals surface area contributed by atoms with E-state index in [1.807, 2.05) is 12.1 Å². The molecule has 2 aromatic heterocycles. The molecule has 0 saturated heterocycles. The van der Waals surface area contributed by atoms with E-state index in [1.54, 1.807) is 36.7 Å². The Kier molecular flexibility index (Phi) is 4.81. The maximum absolute atomic E-state index is 13.5. The highest BCUT2D eigenvalue weighted by Gasteiger charge is 2.30. The molecule has 0 N–H and O–H groups in total. The van der Waals surface area contributed by atoms with Gasteiger partial charge in [-0.1, -0.05) is 30.3 Å². The summed E-state index contributed by atoms with van der Waals surface area (Å²) < 4.78 is 28.1. The normalized spacial score (nSPS) is 11.6. The monoisotopic (exact) mass is 408 g/mol. The van der Waals surface area contributed by atoms with Crippen LogP contribution in [-0.2, 0) is 22.9 Å². The van der Waals surface area contributed by atoms with Crippen molar-refractivity contribution >= 4 is 26.7 Å². The standard InChI is InChI=1S/C20H16N4O4S/c25-24(26)18-9-3-4-10-19(18)29(27,28)23-17-8-2-1-7-16(17)22-20(23)12-11-15-6-5-13-21-14-15/h1-10,13-14H,11-12H2. The molecule has 8 nitrogen and oxygen atoms in total. The number of hydrogen-bond acceptors (Lipinski definition) is 6. The second-order valence-electron chi connectivity index (χ2n) is 6.37. The van der Waals surface area contributed by atoms with Crippen LogP contribution in [0.2, 0.25) is 0 Å². The average Bonchev–Trinajstić information content (AvgIpc) is 3.12. The lowest BCUT2D eigenvalue weighted by Crippen LogP contribution is -2.18. The number of aryl methyl sites for hydroxylation is 2. The van der Waals surface area contributed by atoms with E-state index in [0.717, 1.165) is 9.54 Å². The molecule has 0 atom stereocenters. The van der Waals surface area contributed by atoms with Gasteiger partial charge in [-0.05, 0) is 36.2 Å². The molecule has 0 amide bonds. The first-order chi connectivity index (χ1) is 14.0. The van der Waals surface area contributed by atoms with E-state index in [2.05, 4.69) is 9.97 Å². The van der Waals surface area contributed by atoms with Crippen molar-refractivity contribution in [2.75, 3.05) is 0 Å². The molecule has 2 aromatic carbocycles. The molecule has 0 spiro atoms. The Morgan fingerprint density at radius 2 is 1.72 bits per heavy atom. The van der Waals surface area contributed by atoms with E-state index in [-0.39, 0.29) is 4.90 Å². The highest BCUT2D eigenvalue weighted by atomic mass is 32.2. The van der Waals surface area contributed by atoms with Crippen molar-refractivity contribution in [2.24, 2.45) is 0 Å². The Labute approximate surface area is 166 Å². The summed E-state index contributed by atoms with van der Waals surface area (Å²) in [4.78, 5) is 18.9. The fourth-order valence-corrected chi connectivity index (χ4v) is 4.88. The molecule has 146 valence electrons. The summed E-state index contributed by atoms with van der Waals surface area (Å²) in [5, 5.41) is 11.4. The van der Waals surface area contributed by atoms with Crippen LogP contribution in [0.25, 0.3) is 11.0 Å². The summed E-state index contributed by atoms with van der Waals surface area (Å²) in [6.45, 7) is 0. The zero-order valence-corrected chi connectivity index (χ0v) is 16.0. The first kappa shape index (κ1) is 18.8. The Morgan fingerprint density at radius 1 is 0.966 bits per heavy atom. The first-order valence-electron chi connectivity index (χ1n) is 8.83. The minimum Gasteiger partial charge on any atom is -0.264 e. The molecule has 0 bridgehead atoms. The lowest BCUT2D eigenvalue weighted by molar-refractivity contribution is -0.387. The van der Waals surface area contributed by atoms with Crippen molar-refractivity contribution in [3.05, 3.63) is 94.6 Å². The molecule has 29 heavy (non-hydrogen) atoms. The second kappa shape index (κ2) is 7.44. The molecule has 9 heteroatoms.